The van der Waals surface area contributed by atoms with Gasteiger partial charge in [0.1, 0.15) is 5.37 Å². The van der Waals surface area contributed by atoms with Crippen LogP contribution < -0.4 is 14.2 Å². The van der Waals surface area contributed by atoms with E-state index in [1.54, 1.807) is 23.9 Å². The highest BCUT2D eigenvalue weighted by atomic mass is 32.2. The highest BCUT2D eigenvalue weighted by Crippen LogP contribution is 2.47. The molecule has 1 saturated heterocycles. The number of nitrogens with zero attached hydrogens (tertiary/aromatic N) is 1. The van der Waals surface area contributed by atoms with Crippen LogP contribution in [0.4, 0.5) is 0 Å². The van der Waals surface area contributed by atoms with Crippen molar-refractivity contribution in [2.75, 3.05) is 26.2 Å². The van der Waals surface area contributed by atoms with Crippen molar-refractivity contribution in [2.24, 2.45) is 0 Å². The third kappa shape index (κ3) is 3.03. The maximum absolute atomic E-state index is 12.4. The number of para-hydroxylation sites is 1. The standard InChI is InChI=1S/C19H19NO5S/c1-23-16-9-12(5-6-14(16)21)7-8-20-17(22)10-26-19(20)13-3-2-4-15-18(13)25-11-24-15/h2-6,9,19,21H,7-8,10-11H2,1H3. The number of phenols is 1. The van der Waals surface area contributed by atoms with Crippen LogP contribution in [0.1, 0.15) is 16.5 Å². The molecule has 136 valence electrons. The zero-order chi connectivity index (χ0) is 18.1. The third-order valence-corrected chi connectivity index (χ3v) is 5.78. The molecule has 1 atom stereocenters. The van der Waals surface area contributed by atoms with Crippen LogP contribution in [0, 0.1) is 0 Å². The van der Waals surface area contributed by atoms with Crippen LogP contribution in [-0.4, -0.2) is 42.1 Å². The normalized spacial score (nSPS) is 18.4. The minimum Gasteiger partial charge on any atom is -0.504 e. The molecule has 0 aliphatic carbocycles. The molecule has 2 aliphatic heterocycles. The van der Waals surface area contributed by atoms with E-state index in [-0.39, 0.29) is 23.8 Å². The molecule has 26 heavy (non-hydrogen) atoms. The lowest BCUT2D eigenvalue weighted by Crippen LogP contribution is -2.30. The number of rotatable bonds is 5. The Balaban J connectivity index is 1.53. The molecule has 2 aromatic carbocycles. The van der Waals surface area contributed by atoms with Crippen molar-refractivity contribution in [3.63, 3.8) is 0 Å². The Kier molecular flexibility index (Phi) is 4.55. The lowest BCUT2D eigenvalue weighted by molar-refractivity contribution is -0.128. The molecule has 0 spiro atoms. The lowest BCUT2D eigenvalue weighted by atomic mass is 10.1. The van der Waals surface area contributed by atoms with Crippen LogP contribution in [0.25, 0.3) is 0 Å². The molecular formula is C19H19NO5S. The first kappa shape index (κ1) is 16.9. The Bertz CT molecular complexity index is 841. The first-order valence-electron chi connectivity index (χ1n) is 8.33. The molecular weight excluding hydrogens is 354 g/mol. The largest absolute Gasteiger partial charge is 0.504 e. The SMILES string of the molecule is COc1cc(CCN2C(=O)CSC2c2cccc3c2OCO3)ccc1O. The molecule has 2 aliphatic rings. The topological polar surface area (TPSA) is 68.2 Å². The van der Waals surface area contributed by atoms with Crippen LogP contribution in [-0.2, 0) is 11.2 Å². The van der Waals surface area contributed by atoms with Crippen LogP contribution in [0.15, 0.2) is 36.4 Å². The smallest absolute Gasteiger partial charge is 0.233 e. The van der Waals surface area contributed by atoms with Crippen LogP contribution in [0.3, 0.4) is 0 Å². The number of fused-ring (bicyclic) bond motifs is 1. The monoisotopic (exact) mass is 373 g/mol. The Labute approximate surface area is 155 Å². The summed E-state index contributed by atoms with van der Waals surface area (Å²) < 4.78 is 16.2. The summed E-state index contributed by atoms with van der Waals surface area (Å²) in [6.45, 7) is 0.792. The Morgan fingerprint density at radius 3 is 3.04 bits per heavy atom. The fourth-order valence-corrected chi connectivity index (χ4v) is 4.46. The number of amides is 1. The van der Waals surface area contributed by atoms with Gasteiger partial charge in [0.25, 0.3) is 0 Å². The van der Waals surface area contributed by atoms with Crippen molar-refractivity contribution in [3.05, 3.63) is 47.5 Å². The van der Waals surface area contributed by atoms with Crippen LogP contribution in [0.5, 0.6) is 23.0 Å². The van der Waals surface area contributed by atoms with Crippen molar-refractivity contribution in [3.8, 4) is 23.0 Å². The molecule has 7 heteroatoms. The van der Waals surface area contributed by atoms with Crippen molar-refractivity contribution in [1.29, 1.82) is 0 Å². The van der Waals surface area contributed by atoms with Crippen molar-refractivity contribution in [1.82, 2.24) is 4.90 Å². The van der Waals surface area contributed by atoms with Gasteiger partial charge in [0.15, 0.2) is 23.0 Å². The molecule has 1 amide bonds. The molecule has 1 N–H and O–H groups in total. The van der Waals surface area contributed by atoms with E-state index >= 15 is 0 Å². The third-order valence-electron chi connectivity index (χ3n) is 4.55. The number of methoxy groups -OCH3 is 1. The summed E-state index contributed by atoms with van der Waals surface area (Å²) in [5.41, 5.74) is 1.97. The van der Waals surface area contributed by atoms with Crippen molar-refractivity contribution < 1.29 is 24.1 Å². The number of hydrogen-bond acceptors (Lipinski definition) is 6. The predicted octanol–water partition coefficient (Wildman–Crippen LogP) is 2.95. The van der Waals surface area contributed by atoms with Gasteiger partial charge >= 0.3 is 0 Å². The van der Waals surface area contributed by atoms with Gasteiger partial charge in [-0.3, -0.25) is 4.79 Å². The van der Waals surface area contributed by atoms with Gasteiger partial charge in [0.2, 0.25) is 12.7 Å². The van der Waals surface area contributed by atoms with E-state index in [2.05, 4.69) is 0 Å². The maximum Gasteiger partial charge on any atom is 0.233 e. The highest BCUT2D eigenvalue weighted by molar-refractivity contribution is 8.00. The summed E-state index contributed by atoms with van der Waals surface area (Å²) in [5.74, 6) is 2.57. The zero-order valence-corrected chi connectivity index (χ0v) is 15.1. The predicted molar refractivity (Wildman–Crippen MR) is 97.8 cm³/mol. The van der Waals surface area contributed by atoms with E-state index in [1.807, 2.05) is 29.2 Å². The number of aromatic hydroxyl groups is 1. The number of benzene rings is 2. The second-order valence-corrected chi connectivity index (χ2v) is 7.16. The summed E-state index contributed by atoms with van der Waals surface area (Å²) in [6.07, 6.45) is 0.672. The van der Waals surface area contributed by atoms with E-state index in [0.29, 0.717) is 24.5 Å². The second-order valence-electron chi connectivity index (χ2n) is 6.09. The van der Waals surface area contributed by atoms with E-state index in [9.17, 15) is 9.90 Å². The van der Waals surface area contributed by atoms with Crippen LogP contribution >= 0.6 is 11.8 Å². The average molecular weight is 373 g/mol. The highest BCUT2D eigenvalue weighted by Gasteiger charge is 2.36. The van der Waals surface area contributed by atoms with E-state index in [0.717, 1.165) is 22.6 Å². The summed E-state index contributed by atoms with van der Waals surface area (Å²) in [7, 11) is 1.52. The molecule has 2 heterocycles. The summed E-state index contributed by atoms with van der Waals surface area (Å²) in [5, 5.41) is 9.63. The zero-order valence-electron chi connectivity index (χ0n) is 14.3. The van der Waals surface area contributed by atoms with E-state index in [1.165, 1.54) is 7.11 Å². The number of carbonyl (C=O) groups excluding carboxylic acids is 1. The summed E-state index contributed by atoms with van der Waals surface area (Å²) in [4.78, 5) is 14.3. The van der Waals surface area contributed by atoms with Gasteiger partial charge in [0.05, 0.1) is 12.9 Å². The van der Waals surface area contributed by atoms with Gasteiger partial charge in [0, 0.05) is 12.1 Å². The molecule has 1 unspecified atom stereocenters. The number of thioether (sulfide) groups is 1. The van der Waals surface area contributed by atoms with Gasteiger partial charge in [-0.05, 0) is 30.2 Å². The lowest BCUT2D eigenvalue weighted by Gasteiger charge is -2.25. The van der Waals surface area contributed by atoms with E-state index in [4.69, 9.17) is 14.2 Å². The number of carbonyl (C=O) groups is 1. The molecule has 4 rings (SSSR count). The fourth-order valence-electron chi connectivity index (χ4n) is 3.23. The van der Waals surface area contributed by atoms with Gasteiger partial charge < -0.3 is 24.2 Å². The second kappa shape index (κ2) is 6.99. The molecule has 2 aromatic rings. The van der Waals surface area contributed by atoms with Crippen LogP contribution in [0.2, 0.25) is 0 Å². The van der Waals surface area contributed by atoms with E-state index < -0.39 is 0 Å². The molecule has 0 radical (unpaired) electrons. The number of ether oxygens (including phenoxy) is 3. The Hall–Kier alpha value is -2.54. The Morgan fingerprint density at radius 1 is 1.31 bits per heavy atom. The minimum absolute atomic E-state index is 0.0850. The number of hydrogen-bond donors (Lipinski definition) is 1. The fraction of sp³-hybridized carbons (Fsp3) is 0.316. The number of phenolic OH excluding ortho intramolecular Hbond substituents is 1. The summed E-state index contributed by atoms with van der Waals surface area (Å²) in [6, 6.07) is 11.0. The molecule has 6 nitrogen and oxygen atoms in total. The molecule has 0 saturated carbocycles. The van der Waals surface area contributed by atoms with Crippen molar-refractivity contribution >= 4 is 17.7 Å². The minimum atomic E-state index is -0.0850. The van der Waals surface area contributed by atoms with Gasteiger partial charge in [-0.2, -0.15) is 0 Å². The quantitative estimate of drug-likeness (QED) is 0.869. The summed E-state index contributed by atoms with van der Waals surface area (Å²) >= 11 is 1.60. The van der Waals surface area contributed by atoms with Gasteiger partial charge in [-0.25, -0.2) is 0 Å². The molecule has 1 fully saturated rings. The maximum atomic E-state index is 12.4. The molecule has 0 aromatic heterocycles. The van der Waals surface area contributed by atoms with Gasteiger partial charge in [-0.1, -0.05) is 18.2 Å². The first-order valence-corrected chi connectivity index (χ1v) is 9.37. The van der Waals surface area contributed by atoms with Crippen molar-refractivity contribution in [2.45, 2.75) is 11.8 Å². The first-order chi connectivity index (χ1) is 12.7. The Morgan fingerprint density at radius 2 is 2.19 bits per heavy atom. The molecule has 0 bridgehead atoms. The average Bonchev–Trinajstić information content (AvgIpc) is 3.27. The van der Waals surface area contributed by atoms with Gasteiger partial charge in [-0.15, -0.1) is 11.8 Å².